The molecule has 0 fully saturated rings. The summed E-state index contributed by atoms with van der Waals surface area (Å²) in [6, 6.07) is 8.68. The zero-order valence-electron chi connectivity index (χ0n) is 10.5. The number of carboxylic acid groups (broad SMARTS) is 1. The maximum Gasteiger partial charge on any atom is 0.323 e. The zero-order chi connectivity index (χ0) is 14.3. The van der Waals surface area contributed by atoms with Crippen molar-refractivity contribution in [2.24, 2.45) is 5.73 Å². The first-order chi connectivity index (χ1) is 9.04. The lowest BCUT2D eigenvalue weighted by atomic mass is 10.0. The number of carbonyl (C=O) groups excluding carboxylic acids is 1. The smallest absolute Gasteiger partial charge is 0.323 e. The lowest BCUT2D eigenvalue weighted by Crippen LogP contribution is -2.37. The maximum absolute atomic E-state index is 11.9. The minimum Gasteiger partial charge on any atom is -0.480 e. The molecule has 0 bridgehead atoms. The maximum atomic E-state index is 11.9. The molecule has 100 valence electrons. The van der Waals surface area contributed by atoms with Crippen LogP contribution < -0.4 is 5.73 Å². The van der Waals surface area contributed by atoms with Gasteiger partial charge in [-0.15, -0.1) is 6.42 Å². The van der Waals surface area contributed by atoms with Crippen molar-refractivity contribution in [3.8, 4) is 12.3 Å². The molecule has 0 aliphatic carbocycles. The summed E-state index contributed by atoms with van der Waals surface area (Å²) in [5.41, 5.74) is 6.74. The lowest BCUT2D eigenvalue weighted by Gasteiger charge is -2.20. The number of amides is 1. The molecule has 1 atom stereocenters. The van der Waals surface area contributed by atoms with Gasteiger partial charge in [-0.25, -0.2) is 0 Å². The molecule has 1 unspecified atom stereocenters. The zero-order valence-corrected chi connectivity index (χ0v) is 10.5. The van der Waals surface area contributed by atoms with Gasteiger partial charge in [0.1, 0.15) is 6.54 Å². The van der Waals surface area contributed by atoms with Gasteiger partial charge < -0.3 is 15.7 Å². The van der Waals surface area contributed by atoms with Crippen LogP contribution in [-0.4, -0.2) is 35.0 Å². The largest absolute Gasteiger partial charge is 0.480 e. The standard InChI is InChI=1S/C14H16N2O3/c1-2-8-16(10-14(18)19)13(17)9-12(15)11-6-4-3-5-7-11/h1,3-7,12H,8-10,15H2,(H,18,19). The first-order valence-corrected chi connectivity index (χ1v) is 5.78. The van der Waals surface area contributed by atoms with E-state index in [1.165, 1.54) is 0 Å². The van der Waals surface area contributed by atoms with Crippen molar-refractivity contribution in [1.29, 1.82) is 0 Å². The van der Waals surface area contributed by atoms with Crippen molar-refractivity contribution in [2.45, 2.75) is 12.5 Å². The minimum absolute atomic E-state index is 0.0268. The molecule has 0 saturated heterocycles. The van der Waals surface area contributed by atoms with Crippen LogP contribution in [0.15, 0.2) is 30.3 Å². The highest BCUT2D eigenvalue weighted by molar-refractivity contribution is 5.82. The van der Waals surface area contributed by atoms with Gasteiger partial charge in [-0.05, 0) is 5.56 Å². The number of hydrogen-bond acceptors (Lipinski definition) is 3. The van der Waals surface area contributed by atoms with Crippen LogP contribution in [0.4, 0.5) is 0 Å². The van der Waals surface area contributed by atoms with Crippen molar-refractivity contribution in [3.63, 3.8) is 0 Å². The second kappa shape index (κ2) is 7.19. The molecule has 0 aromatic heterocycles. The first kappa shape index (κ1) is 14.7. The fourth-order valence-electron chi connectivity index (χ4n) is 1.64. The topological polar surface area (TPSA) is 83.6 Å². The van der Waals surface area contributed by atoms with Crippen molar-refractivity contribution in [2.75, 3.05) is 13.1 Å². The van der Waals surface area contributed by atoms with E-state index in [0.29, 0.717) is 0 Å². The van der Waals surface area contributed by atoms with Crippen LogP contribution in [0.3, 0.4) is 0 Å². The summed E-state index contributed by atoms with van der Waals surface area (Å²) in [5.74, 6) is 0.804. The molecular weight excluding hydrogens is 244 g/mol. The molecule has 0 radical (unpaired) electrons. The number of carboxylic acids is 1. The summed E-state index contributed by atoms with van der Waals surface area (Å²) in [7, 11) is 0. The van der Waals surface area contributed by atoms with E-state index in [4.69, 9.17) is 17.3 Å². The van der Waals surface area contributed by atoms with E-state index in [0.717, 1.165) is 10.5 Å². The molecular formula is C14H16N2O3. The average Bonchev–Trinajstić information content (AvgIpc) is 2.38. The third-order valence-corrected chi connectivity index (χ3v) is 2.58. The Morgan fingerprint density at radius 2 is 2.00 bits per heavy atom. The quantitative estimate of drug-likeness (QED) is 0.734. The predicted octanol–water partition coefficient (Wildman–Crippen LogP) is 0.623. The molecule has 0 heterocycles. The molecule has 1 aromatic carbocycles. The highest BCUT2D eigenvalue weighted by Gasteiger charge is 2.19. The second-order valence-corrected chi connectivity index (χ2v) is 4.07. The molecule has 19 heavy (non-hydrogen) atoms. The van der Waals surface area contributed by atoms with Crippen LogP contribution in [0.5, 0.6) is 0 Å². The Morgan fingerprint density at radius 1 is 1.37 bits per heavy atom. The van der Waals surface area contributed by atoms with Gasteiger partial charge in [-0.1, -0.05) is 36.3 Å². The van der Waals surface area contributed by atoms with E-state index in [9.17, 15) is 9.59 Å². The van der Waals surface area contributed by atoms with Gasteiger partial charge in [0.15, 0.2) is 0 Å². The highest BCUT2D eigenvalue weighted by Crippen LogP contribution is 2.14. The molecule has 1 rings (SSSR count). The third-order valence-electron chi connectivity index (χ3n) is 2.58. The van der Waals surface area contributed by atoms with Gasteiger partial charge in [-0.2, -0.15) is 0 Å². The van der Waals surface area contributed by atoms with E-state index in [1.54, 1.807) is 0 Å². The summed E-state index contributed by atoms with van der Waals surface area (Å²) in [6.45, 7) is -0.447. The number of nitrogens with two attached hydrogens (primary N) is 1. The minimum atomic E-state index is -1.10. The predicted molar refractivity (Wildman–Crippen MR) is 71.0 cm³/mol. The van der Waals surface area contributed by atoms with E-state index in [-0.39, 0.29) is 18.9 Å². The van der Waals surface area contributed by atoms with E-state index >= 15 is 0 Å². The summed E-state index contributed by atoms with van der Waals surface area (Å²) in [5, 5.41) is 8.72. The van der Waals surface area contributed by atoms with Crippen molar-refractivity contribution in [1.82, 2.24) is 4.90 Å². The Morgan fingerprint density at radius 3 is 2.53 bits per heavy atom. The van der Waals surface area contributed by atoms with Crippen LogP contribution in [0, 0.1) is 12.3 Å². The number of terminal acetylenes is 1. The number of aliphatic carboxylic acids is 1. The van der Waals surface area contributed by atoms with E-state index < -0.39 is 18.6 Å². The van der Waals surface area contributed by atoms with E-state index in [2.05, 4.69) is 5.92 Å². The second-order valence-electron chi connectivity index (χ2n) is 4.07. The monoisotopic (exact) mass is 260 g/mol. The Balaban J connectivity index is 2.66. The van der Waals surface area contributed by atoms with Gasteiger partial charge in [0.2, 0.25) is 5.91 Å². The lowest BCUT2D eigenvalue weighted by molar-refractivity contribution is -0.144. The van der Waals surface area contributed by atoms with Gasteiger partial charge in [0, 0.05) is 12.5 Å². The summed E-state index contributed by atoms with van der Waals surface area (Å²) < 4.78 is 0. The summed E-state index contributed by atoms with van der Waals surface area (Å²) in [6.07, 6.45) is 5.14. The first-order valence-electron chi connectivity index (χ1n) is 5.78. The Labute approximate surface area is 112 Å². The number of benzene rings is 1. The van der Waals surface area contributed by atoms with Crippen LogP contribution in [0.1, 0.15) is 18.0 Å². The Bertz CT molecular complexity index is 479. The van der Waals surface area contributed by atoms with Crippen molar-refractivity contribution >= 4 is 11.9 Å². The molecule has 5 heteroatoms. The van der Waals surface area contributed by atoms with Crippen LogP contribution in [-0.2, 0) is 9.59 Å². The van der Waals surface area contributed by atoms with E-state index in [1.807, 2.05) is 30.3 Å². The molecule has 0 spiro atoms. The van der Waals surface area contributed by atoms with Gasteiger partial charge in [0.25, 0.3) is 0 Å². The molecule has 0 aliphatic rings. The molecule has 3 N–H and O–H groups in total. The average molecular weight is 260 g/mol. The van der Waals surface area contributed by atoms with Crippen molar-refractivity contribution < 1.29 is 14.7 Å². The SMILES string of the molecule is C#CCN(CC(=O)O)C(=O)CC(N)c1ccccc1. The van der Waals surface area contributed by atoms with Gasteiger partial charge in [-0.3, -0.25) is 9.59 Å². The molecule has 0 saturated carbocycles. The summed E-state index contributed by atoms with van der Waals surface area (Å²) in [4.78, 5) is 23.7. The van der Waals surface area contributed by atoms with Gasteiger partial charge >= 0.3 is 5.97 Å². The number of rotatable bonds is 6. The molecule has 5 nitrogen and oxygen atoms in total. The van der Waals surface area contributed by atoms with Crippen molar-refractivity contribution in [3.05, 3.63) is 35.9 Å². The van der Waals surface area contributed by atoms with Gasteiger partial charge in [0.05, 0.1) is 6.54 Å². The van der Waals surface area contributed by atoms with Crippen LogP contribution in [0.25, 0.3) is 0 Å². The Kier molecular flexibility index (Phi) is 5.58. The fourth-order valence-corrected chi connectivity index (χ4v) is 1.64. The number of nitrogens with zero attached hydrogens (tertiary/aromatic N) is 1. The number of hydrogen-bond donors (Lipinski definition) is 2. The molecule has 1 aromatic rings. The normalized spacial score (nSPS) is 11.4. The number of carbonyl (C=O) groups is 2. The summed E-state index contributed by atoms with van der Waals surface area (Å²) >= 11 is 0. The van der Waals surface area contributed by atoms with Crippen LogP contribution >= 0.6 is 0 Å². The molecule has 0 aliphatic heterocycles. The Hall–Kier alpha value is -2.32. The third kappa shape index (κ3) is 4.82. The molecule has 1 amide bonds. The highest BCUT2D eigenvalue weighted by atomic mass is 16.4. The van der Waals surface area contributed by atoms with Crippen LogP contribution in [0.2, 0.25) is 0 Å². The fraction of sp³-hybridized carbons (Fsp3) is 0.286.